The fraction of sp³-hybridized carbons (Fsp3) is 0.385. The standard InChI is InChI=1S/C13H16N2O3/c1-13(2,3)18-12(17)8-15-11-5-4-10(16)6-9(11)7-14-15/h4-7,16H,8H2,1-3H3. The van der Waals surface area contributed by atoms with Crippen molar-refractivity contribution in [3.8, 4) is 5.75 Å². The smallest absolute Gasteiger partial charge is 0.328 e. The van der Waals surface area contributed by atoms with E-state index in [-0.39, 0.29) is 18.3 Å². The van der Waals surface area contributed by atoms with Crippen LogP contribution in [-0.2, 0) is 16.1 Å². The van der Waals surface area contributed by atoms with Gasteiger partial charge in [0.05, 0.1) is 11.7 Å². The Morgan fingerprint density at radius 3 is 2.83 bits per heavy atom. The lowest BCUT2D eigenvalue weighted by Gasteiger charge is -2.19. The zero-order valence-corrected chi connectivity index (χ0v) is 10.7. The molecule has 96 valence electrons. The number of phenolic OH excluding ortho intramolecular Hbond substituents is 1. The average molecular weight is 248 g/mol. The van der Waals surface area contributed by atoms with E-state index >= 15 is 0 Å². The van der Waals surface area contributed by atoms with E-state index in [1.54, 1.807) is 29.1 Å². The summed E-state index contributed by atoms with van der Waals surface area (Å²) in [6.07, 6.45) is 1.61. The van der Waals surface area contributed by atoms with Crippen molar-refractivity contribution in [3.63, 3.8) is 0 Å². The van der Waals surface area contributed by atoms with E-state index in [1.807, 2.05) is 20.8 Å². The predicted molar refractivity (Wildman–Crippen MR) is 67.2 cm³/mol. The van der Waals surface area contributed by atoms with Gasteiger partial charge in [-0.05, 0) is 39.0 Å². The largest absolute Gasteiger partial charge is 0.508 e. The molecule has 1 N–H and O–H groups in total. The summed E-state index contributed by atoms with van der Waals surface area (Å²) >= 11 is 0. The first-order valence-electron chi connectivity index (χ1n) is 5.71. The normalized spacial score (nSPS) is 11.7. The molecule has 0 radical (unpaired) electrons. The van der Waals surface area contributed by atoms with Crippen molar-refractivity contribution in [2.24, 2.45) is 0 Å². The summed E-state index contributed by atoms with van der Waals surface area (Å²) in [6.45, 7) is 5.53. The Hall–Kier alpha value is -2.04. The highest BCUT2D eigenvalue weighted by Gasteiger charge is 2.17. The lowest BCUT2D eigenvalue weighted by atomic mass is 10.2. The van der Waals surface area contributed by atoms with Crippen molar-refractivity contribution >= 4 is 16.9 Å². The molecule has 0 aliphatic rings. The summed E-state index contributed by atoms with van der Waals surface area (Å²) in [5, 5.41) is 14.2. The molecule has 1 aromatic carbocycles. The Labute approximate surface area is 105 Å². The number of aromatic nitrogens is 2. The number of carbonyl (C=O) groups excluding carboxylic acids is 1. The van der Waals surface area contributed by atoms with Gasteiger partial charge in [0.15, 0.2) is 0 Å². The fourth-order valence-corrected chi connectivity index (χ4v) is 1.70. The number of esters is 1. The highest BCUT2D eigenvalue weighted by molar-refractivity contribution is 5.81. The highest BCUT2D eigenvalue weighted by atomic mass is 16.6. The van der Waals surface area contributed by atoms with Crippen LogP contribution in [0.3, 0.4) is 0 Å². The molecule has 0 aliphatic heterocycles. The van der Waals surface area contributed by atoms with Crippen LogP contribution in [0.5, 0.6) is 5.75 Å². The molecule has 1 aromatic heterocycles. The molecule has 5 heteroatoms. The number of ether oxygens (including phenoxy) is 1. The van der Waals surface area contributed by atoms with E-state index in [9.17, 15) is 9.90 Å². The molecule has 0 spiro atoms. The van der Waals surface area contributed by atoms with Gasteiger partial charge in [-0.2, -0.15) is 5.10 Å². The van der Waals surface area contributed by atoms with Crippen molar-refractivity contribution in [1.82, 2.24) is 9.78 Å². The lowest BCUT2D eigenvalue weighted by molar-refractivity contribution is -0.155. The first-order chi connectivity index (χ1) is 8.35. The van der Waals surface area contributed by atoms with Gasteiger partial charge in [0, 0.05) is 5.39 Å². The Morgan fingerprint density at radius 1 is 1.44 bits per heavy atom. The third-order valence-electron chi connectivity index (χ3n) is 2.32. The SMILES string of the molecule is CC(C)(C)OC(=O)Cn1ncc2cc(O)ccc21. The third kappa shape index (κ3) is 2.80. The van der Waals surface area contributed by atoms with Crippen LogP contribution in [0.2, 0.25) is 0 Å². The van der Waals surface area contributed by atoms with Crippen LogP contribution < -0.4 is 0 Å². The summed E-state index contributed by atoms with van der Waals surface area (Å²) in [6, 6.07) is 4.89. The Bertz CT molecular complexity index is 581. The van der Waals surface area contributed by atoms with Gasteiger partial charge in [-0.25, -0.2) is 0 Å². The number of fused-ring (bicyclic) bond motifs is 1. The topological polar surface area (TPSA) is 64.4 Å². The molecule has 5 nitrogen and oxygen atoms in total. The van der Waals surface area contributed by atoms with E-state index in [2.05, 4.69) is 5.10 Å². The maximum Gasteiger partial charge on any atom is 0.328 e. The maximum absolute atomic E-state index is 11.7. The van der Waals surface area contributed by atoms with Gasteiger partial charge in [0.2, 0.25) is 0 Å². The number of aromatic hydroxyl groups is 1. The molecule has 0 bridgehead atoms. The molecule has 0 amide bonds. The van der Waals surface area contributed by atoms with Gasteiger partial charge >= 0.3 is 5.97 Å². The minimum Gasteiger partial charge on any atom is -0.508 e. The molecular formula is C13H16N2O3. The third-order valence-corrected chi connectivity index (χ3v) is 2.32. The zero-order valence-electron chi connectivity index (χ0n) is 10.7. The molecule has 0 saturated carbocycles. The minimum atomic E-state index is -0.502. The minimum absolute atomic E-state index is 0.0611. The highest BCUT2D eigenvalue weighted by Crippen LogP contribution is 2.19. The lowest BCUT2D eigenvalue weighted by Crippen LogP contribution is -2.26. The van der Waals surface area contributed by atoms with Crippen LogP contribution in [0, 0.1) is 0 Å². The molecule has 1 heterocycles. The van der Waals surface area contributed by atoms with Crippen LogP contribution in [0.15, 0.2) is 24.4 Å². The molecule has 2 rings (SSSR count). The molecule has 0 unspecified atom stereocenters. The first kappa shape index (κ1) is 12.4. The van der Waals surface area contributed by atoms with E-state index in [4.69, 9.17) is 4.74 Å². The summed E-state index contributed by atoms with van der Waals surface area (Å²) in [5.74, 6) is -0.153. The van der Waals surface area contributed by atoms with Crippen molar-refractivity contribution < 1.29 is 14.6 Å². The second-order valence-electron chi connectivity index (χ2n) is 5.13. The van der Waals surface area contributed by atoms with Crippen molar-refractivity contribution in [2.45, 2.75) is 32.9 Å². The molecule has 0 fully saturated rings. The Kier molecular flexibility index (Phi) is 2.98. The van der Waals surface area contributed by atoms with Crippen LogP contribution >= 0.6 is 0 Å². The number of nitrogens with zero attached hydrogens (tertiary/aromatic N) is 2. The van der Waals surface area contributed by atoms with Crippen LogP contribution in [-0.4, -0.2) is 26.5 Å². The van der Waals surface area contributed by atoms with Gasteiger partial charge in [-0.1, -0.05) is 0 Å². The van der Waals surface area contributed by atoms with Gasteiger partial charge in [0.25, 0.3) is 0 Å². The van der Waals surface area contributed by atoms with E-state index in [0.29, 0.717) is 0 Å². The van der Waals surface area contributed by atoms with Gasteiger partial charge < -0.3 is 9.84 Å². The number of hydrogen-bond acceptors (Lipinski definition) is 4. The van der Waals surface area contributed by atoms with E-state index < -0.39 is 5.60 Å². The Balaban J connectivity index is 2.20. The number of rotatable bonds is 2. The molecule has 2 aromatic rings. The van der Waals surface area contributed by atoms with Crippen LogP contribution in [0.4, 0.5) is 0 Å². The molecule has 0 atom stereocenters. The van der Waals surface area contributed by atoms with Gasteiger partial charge in [-0.3, -0.25) is 9.48 Å². The molecule has 18 heavy (non-hydrogen) atoms. The van der Waals surface area contributed by atoms with Crippen molar-refractivity contribution in [1.29, 1.82) is 0 Å². The van der Waals surface area contributed by atoms with Crippen LogP contribution in [0.25, 0.3) is 10.9 Å². The van der Waals surface area contributed by atoms with Crippen LogP contribution in [0.1, 0.15) is 20.8 Å². The second-order valence-corrected chi connectivity index (χ2v) is 5.13. The maximum atomic E-state index is 11.7. The number of phenols is 1. The van der Waals surface area contributed by atoms with Crippen molar-refractivity contribution in [2.75, 3.05) is 0 Å². The number of hydrogen-bond donors (Lipinski definition) is 1. The monoisotopic (exact) mass is 248 g/mol. The van der Waals surface area contributed by atoms with Gasteiger partial charge in [-0.15, -0.1) is 0 Å². The molecule has 0 aliphatic carbocycles. The summed E-state index contributed by atoms with van der Waals surface area (Å²) < 4.78 is 6.79. The van der Waals surface area contributed by atoms with E-state index in [0.717, 1.165) is 10.9 Å². The molecule has 0 saturated heterocycles. The predicted octanol–water partition coefficient (Wildman–Crippen LogP) is 2.08. The second kappa shape index (κ2) is 4.33. The number of benzene rings is 1. The number of carbonyl (C=O) groups is 1. The molecular weight excluding hydrogens is 232 g/mol. The summed E-state index contributed by atoms with van der Waals surface area (Å²) in [7, 11) is 0. The van der Waals surface area contributed by atoms with Crippen molar-refractivity contribution in [3.05, 3.63) is 24.4 Å². The summed E-state index contributed by atoms with van der Waals surface area (Å²) in [5.41, 5.74) is 0.289. The fourth-order valence-electron chi connectivity index (χ4n) is 1.70. The summed E-state index contributed by atoms with van der Waals surface area (Å²) in [4.78, 5) is 11.7. The Morgan fingerprint density at radius 2 is 2.17 bits per heavy atom. The zero-order chi connectivity index (χ0) is 13.3. The first-order valence-corrected chi connectivity index (χ1v) is 5.71. The van der Waals surface area contributed by atoms with E-state index in [1.165, 1.54) is 0 Å². The average Bonchev–Trinajstić information content (AvgIpc) is 2.57. The quantitative estimate of drug-likeness (QED) is 0.826. The van der Waals surface area contributed by atoms with Gasteiger partial charge in [0.1, 0.15) is 17.9 Å².